The van der Waals surface area contributed by atoms with Crippen LogP contribution in [0.25, 0.3) is 5.69 Å². The first-order valence-corrected chi connectivity index (χ1v) is 8.15. The van der Waals surface area contributed by atoms with Gasteiger partial charge in [0.1, 0.15) is 11.6 Å². The van der Waals surface area contributed by atoms with Crippen LogP contribution in [-0.2, 0) is 6.54 Å². The van der Waals surface area contributed by atoms with Crippen LogP contribution >= 0.6 is 11.6 Å². The van der Waals surface area contributed by atoms with E-state index in [-0.39, 0.29) is 23.1 Å². The van der Waals surface area contributed by atoms with Crippen molar-refractivity contribution in [3.05, 3.63) is 75.6 Å². The van der Waals surface area contributed by atoms with Crippen LogP contribution in [-0.4, -0.2) is 20.9 Å². The number of amides is 1. The molecule has 5 nitrogen and oxygen atoms in total. The van der Waals surface area contributed by atoms with E-state index < -0.39 is 11.7 Å². The van der Waals surface area contributed by atoms with Crippen LogP contribution in [0.4, 0.5) is 8.78 Å². The maximum atomic E-state index is 13.8. The minimum absolute atomic E-state index is 0.0136. The molecular formula is C18H15ClF2N4O. The highest BCUT2D eigenvalue weighted by atomic mass is 35.5. The number of nitrogens with zero attached hydrogens (tertiary/aromatic N) is 3. The number of carbonyl (C=O) groups excluding carboxylic acids is 1. The van der Waals surface area contributed by atoms with Crippen molar-refractivity contribution in [1.29, 1.82) is 0 Å². The third-order valence-corrected chi connectivity index (χ3v) is 4.24. The molecule has 0 aliphatic carbocycles. The molecule has 134 valence electrons. The Labute approximate surface area is 153 Å². The summed E-state index contributed by atoms with van der Waals surface area (Å²) in [6.07, 6.45) is 0. The normalized spacial score (nSPS) is 10.8. The van der Waals surface area contributed by atoms with Crippen LogP contribution in [0.5, 0.6) is 0 Å². The molecule has 0 atom stereocenters. The molecule has 3 rings (SSSR count). The zero-order valence-electron chi connectivity index (χ0n) is 14.1. The van der Waals surface area contributed by atoms with Crippen LogP contribution in [0, 0.1) is 25.5 Å². The van der Waals surface area contributed by atoms with Gasteiger partial charge in [0.15, 0.2) is 5.69 Å². The molecule has 0 saturated carbocycles. The Kier molecular flexibility index (Phi) is 4.99. The fraction of sp³-hybridized carbons (Fsp3) is 0.167. The van der Waals surface area contributed by atoms with E-state index in [1.54, 1.807) is 26.0 Å². The van der Waals surface area contributed by atoms with Gasteiger partial charge in [-0.2, -0.15) is 0 Å². The van der Waals surface area contributed by atoms with E-state index in [0.717, 1.165) is 0 Å². The van der Waals surface area contributed by atoms with Crippen molar-refractivity contribution < 1.29 is 13.6 Å². The van der Waals surface area contributed by atoms with Crippen molar-refractivity contribution >= 4 is 17.5 Å². The zero-order chi connectivity index (χ0) is 18.8. The summed E-state index contributed by atoms with van der Waals surface area (Å²) in [5, 5.41) is 10.5. The molecule has 1 N–H and O–H groups in total. The SMILES string of the molecule is Cc1ccc(-n2nnc(C(=O)NCc3ccc(F)c(Cl)c3)c2C)cc1F. The number of hydrogen-bond acceptors (Lipinski definition) is 3. The van der Waals surface area contributed by atoms with Crippen molar-refractivity contribution in [2.45, 2.75) is 20.4 Å². The number of benzene rings is 2. The number of rotatable bonds is 4. The Morgan fingerprint density at radius 2 is 1.92 bits per heavy atom. The summed E-state index contributed by atoms with van der Waals surface area (Å²) < 4.78 is 28.3. The molecule has 3 aromatic rings. The number of halogens is 3. The van der Waals surface area contributed by atoms with Crippen molar-refractivity contribution in [3.63, 3.8) is 0 Å². The van der Waals surface area contributed by atoms with E-state index in [2.05, 4.69) is 15.6 Å². The lowest BCUT2D eigenvalue weighted by molar-refractivity contribution is 0.0945. The average molecular weight is 377 g/mol. The third kappa shape index (κ3) is 3.57. The molecule has 0 bridgehead atoms. The van der Waals surface area contributed by atoms with Crippen LogP contribution in [0.15, 0.2) is 36.4 Å². The topological polar surface area (TPSA) is 59.8 Å². The minimum atomic E-state index is -0.522. The summed E-state index contributed by atoms with van der Waals surface area (Å²) in [6, 6.07) is 8.86. The van der Waals surface area contributed by atoms with E-state index >= 15 is 0 Å². The number of aromatic nitrogens is 3. The molecule has 0 saturated heterocycles. The van der Waals surface area contributed by atoms with Gasteiger partial charge in [0.05, 0.1) is 16.4 Å². The Bertz CT molecular complexity index is 987. The van der Waals surface area contributed by atoms with E-state index in [4.69, 9.17) is 11.6 Å². The summed E-state index contributed by atoms with van der Waals surface area (Å²) >= 11 is 5.72. The molecule has 26 heavy (non-hydrogen) atoms. The fourth-order valence-electron chi connectivity index (χ4n) is 2.41. The Morgan fingerprint density at radius 1 is 1.15 bits per heavy atom. The van der Waals surface area contributed by atoms with Gasteiger partial charge in [-0.25, -0.2) is 13.5 Å². The average Bonchev–Trinajstić information content (AvgIpc) is 3.00. The maximum absolute atomic E-state index is 13.8. The lowest BCUT2D eigenvalue weighted by atomic mass is 10.2. The van der Waals surface area contributed by atoms with Crippen molar-refractivity contribution in [1.82, 2.24) is 20.3 Å². The molecule has 1 amide bonds. The van der Waals surface area contributed by atoms with Gasteiger partial charge in [-0.3, -0.25) is 4.79 Å². The Hall–Kier alpha value is -2.80. The van der Waals surface area contributed by atoms with Crippen molar-refractivity contribution in [2.24, 2.45) is 0 Å². The fourth-order valence-corrected chi connectivity index (χ4v) is 2.62. The van der Waals surface area contributed by atoms with E-state index in [0.29, 0.717) is 22.5 Å². The molecule has 2 aromatic carbocycles. The van der Waals surface area contributed by atoms with E-state index in [1.165, 1.54) is 28.9 Å². The lowest BCUT2D eigenvalue weighted by Crippen LogP contribution is -2.24. The summed E-state index contributed by atoms with van der Waals surface area (Å²) in [6.45, 7) is 3.49. The summed E-state index contributed by atoms with van der Waals surface area (Å²) in [5.74, 6) is -1.33. The van der Waals surface area contributed by atoms with Crippen LogP contribution in [0.1, 0.15) is 27.3 Å². The van der Waals surface area contributed by atoms with Gasteiger partial charge in [-0.05, 0) is 49.2 Å². The van der Waals surface area contributed by atoms with Gasteiger partial charge in [-0.1, -0.05) is 28.9 Å². The van der Waals surface area contributed by atoms with Crippen molar-refractivity contribution in [3.8, 4) is 5.69 Å². The highest BCUT2D eigenvalue weighted by Crippen LogP contribution is 2.17. The molecule has 0 unspecified atom stereocenters. The molecule has 0 fully saturated rings. The smallest absolute Gasteiger partial charge is 0.274 e. The molecule has 1 heterocycles. The molecule has 0 radical (unpaired) electrons. The quantitative estimate of drug-likeness (QED) is 0.754. The molecule has 0 spiro atoms. The molecular weight excluding hydrogens is 362 g/mol. The zero-order valence-corrected chi connectivity index (χ0v) is 14.8. The second kappa shape index (κ2) is 7.21. The van der Waals surface area contributed by atoms with Crippen LogP contribution < -0.4 is 5.32 Å². The molecule has 8 heteroatoms. The minimum Gasteiger partial charge on any atom is -0.347 e. The maximum Gasteiger partial charge on any atom is 0.274 e. The summed E-state index contributed by atoms with van der Waals surface area (Å²) in [4.78, 5) is 12.3. The monoisotopic (exact) mass is 376 g/mol. The first kappa shape index (κ1) is 18.0. The Balaban J connectivity index is 1.77. The molecule has 1 aromatic heterocycles. The number of aryl methyl sites for hydroxylation is 1. The second-order valence-corrected chi connectivity index (χ2v) is 6.21. The van der Waals surface area contributed by atoms with Gasteiger partial charge < -0.3 is 5.32 Å². The van der Waals surface area contributed by atoms with Gasteiger partial charge in [-0.15, -0.1) is 5.10 Å². The number of nitrogens with one attached hydrogen (secondary N) is 1. The first-order valence-electron chi connectivity index (χ1n) is 7.78. The highest BCUT2D eigenvalue weighted by Gasteiger charge is 2.17. The van der Waals surface area contributed by atoms with Crippen molar-refractivity contribution in [2.75, 3.05) is 0 Å². The van der Waals surface area contributed by atoms with Gasteiger partial charge >= 0.3 is 0 Å². The standard InChI is InChI=1S/C18H15ClF2N4O/c1-10-3-5-13(8-16(10)21)25-11(2)17(23-24-25)18(26)22-9-12-4-6-15(20)14(19)7-12/h3-8H,9H2,1-2H3,(H,22,26). The second-order valence-electron chi connectivity index (χ2n) is 5.80. The van der Waals surface area contributed by atoms with E-state index in [9.17, 15) is 13.6 Å². The highest BCUT2D eigenvalue weighted by molar-refractivity contribution is 6.30. The largest absolute Gasteiger partial charge is 0.347 e. The third-order valence-electron chi connectivity index (χ3n) is 3.95. The van der Waals surface area contributed by atoms with Crippen LogP contribution in [0.3, 0.4) is 0 Å². The van der Waals surface area contributed by atoms with E-state index in [1.807, 2.05) is 0 Å². The number of carbonyl (C=O) groups is 1. The summed E-state index contributed by atoms with van der Waals surface area (Å²) in [5.41, 5.74) is 2.24. The van der Waals surface area contributed by atoms with Gasteiger partial charge in [0.25, 0.3) is 5.91 Å². The van der Waals surface area contributed by atoms with Crippen LogP contribution in [0.2, 0.25) is 5.02 Å². The lowest BCUT2D eigenvalue weighted by Gasteiger charge is -2.06. The van der Waals surface area contributed by atoms with Gasteiger partial charge in [0.2, 0.25) is 0 Å². The molecule has 0 aliphatic heterocycles. The number of hydrogen-bond donors (Lipinski definition) is 1. The summed E-state index contributed by atoms with van der Waals surface area (Å²) in [7, 11) is 0. The Morgan fingerprint density at radius 3 is 2.62 bits per heavy atom. The molecule has 0 aliphatic rings. The predicted octanol–water partition coefficient (Wildman–Crippen LogP) is 3.75. The first-order chi connectivity index (χ1) is 12.4. The predicted molar refractivity (Wildman–Crippen MR) is 93.4 cm³/mol. The van der Waals surface area contributed by atoms with Gasteiger partial charge in [0, 0.05) is 6.54 Å².